The lowest BCUT2D eigenvalue weighted by Gasteiger charge is -2.53. The minimum absolute atomic E-state index is 0.121. The molecular formula is C14H20ClNO. The van der Waals surface area contributed by atoms with Crippen molar-refractivity contribution in [2.75, 3.05) is 6.54 Å². The Hall–Kier alpha value is -0.570. The molecule has 2 atom stereocenters. The number of nitrogens with zero attached hydrogens (tertiary/aromatic N) is 1. The molecule has 0 saturated carbocycles. The van der Waals surface area contributed by atoms with Crippen LogP contribution in [0, 0.1) is 0 Å². The van der Waals surface area contributed by atoms with Gasteiger partial charge in [-0.05, 0) is 44.9 Å². The van der Waals surface area contributed by atoms with Crippen LogP contribution in [0.15, 0.2) is 24.3 Å². The van der Waals surface area contributed by atoms with Gasteiger partial charge in [0, 0.05) is 23.1 Å². The fourth-order valence-corrected chi connectivity index (χ4v) is 2.53. The monoisotopic (exact) mass is 253 g/mol. The van der Waals surface area contributed by atoms with E-state index in [9.17, 15) is 5.11 Å². The molecule has 94 valence electrons. The van der Waals surface area contributed by atoms with E-state index in [0.29, 0.717) is 0 Å². The molecule has 0 aliphatic carbocycles. The molecule has 2 nitrogen and oxygen atoms in total. The Balaban J connectivity index is 2.05. The first-order valence-electron chi connectivity index (χ1n) is 6.07. The number of rotatable bonds is 2. The van der Waals surface area contributed by atoms with Crippen LogP contribution in [0.4, 0.5) is 0 Å². The van der Waals surface area contributed by atoms with Crippen LogP contribution in [-0.2, 0) is 6.42 Å². The maximum Gasteiger partial charge on any atom is 0.0825 e. The molecule has 1 aliphatic rings. The Kier molecular flexibility index (Phi) is 3.48. The van der Waals surface area contributed by atoms with Gasteiger partial charge in [-0.3, -0.25) is 4.90 Å². The number of aliphatic hydroxyl groups excluding tert-OH is 1. The van der Waals surface area contributed by atoms with Crippen molar-refractivity contribution in [3.63, 3.8) is 0 Å². The third-order valence-corrected chi connectivity index (χ3v) is 3.70. The quantitative estimate of drug-likeness (QED) is 0.876. The van der Waals surface area contributed by atoms with Gasteiger partial charge in [0.2, 0.25) is 0 Å². The number of benzene rings is 1. The molecule has 1 aromatic rings. The molecule has 1 N–H and O–H groups in total. The number of aliphatic hydroxyl groups is 1. The van der Waals surface area contributed by atoms with E-state index in [2.05, 4.69) is 25.7 Å². The summed E-state index contributed by atoms with van der Waals surface area (Å²) in [4.78, 5) is 2.35. The summed E-state index contributed by atoms with van der Waals surface area (Å²) >= 11 is 5.87. The van der Waals surface area contributed by atoms with Crippen LogP contribution in [0.3, 0.4) is 0 Å². The van der Waals surface area contributed by atoms with Gasteiger partial charge in [-0.25, -0.2) is 0 Å². The first kappa shape index (κ1) is 12.9. The topological polar surface area (TPSA) is 23.5 Å². The summed E-state index contributed by atoms with van der Waals surface area (Å²) in [5.74, 6) is 0. The fourth-order valence-electron chi connectivity index (χ4n) is 2.41. The first-order valence-corrected chi connectivity index (χ1v) is 6.45. The van der Waals surface area contributed by atoms with Gasteiger partial charge in [0.1, 0.15) is 0 Å². The molecule has 17 heavy (non-hydrogen) atoms. The molecule has 1 aromatic carbocycles. The van der Waals surface area contributed by atoms with Gasteiger partial charge in [-0.15, -0.1) is 0 Å². The van der Waals surface area contributed by atoms with Gasteiger partial charge < -0.3 is 5.11 Å². The van der Waals surface area contributed by atoms with Gasteiger partial charge in [-0.1, -0.05) is 23.7 Å². The van der Waals surface area contributed by atoms with Crippen molar-refractivity contribution in [1.29, 1.82) is 0 Å². The predicted molar refractivity (Wildman–Crippen MR) is 71.4 cm³/mol. The average molecular weight is 254 g/mol. The largest absolute Gasteiger partial charge is 0.390 e. The molecule has 1 saturated heterocycles. The minimum Gasteiger partial charge on any atom is -0.390 e. The third-order valence-electron chi connectivity index (χ3n) is 3.45. The highest BCUT2D eigenvalue weighted by molar-refractivity contribution is 6.30. The van der Waals surface area contributed by atoms with E-state index in [0.717, 1.165) is 18.0 Å². The molecule has 3 heteroatoms. The predicted octanol–water partition coefficient (Wildman–Crippen LogP) is 2.73. The minimum atomic E-state index is -0.204. The van der Waals surface area contributed by atoms with E-state index in [1.807, 2.05) is 24.3 Å². The summed E-state index contributed by atoms with van der Waals surface area (Å²) in [5, 5.41) is 10.6. The molecular weight excluding hydrogens is 234 g/mol. The van der Waals surface area contributed by atoms with Gasteiger partial charge in [0.15, 0.2) is 0 Å². The Morgan fingerprint density at radius 3 is 2.35 bits per heavy atom. The van der Waals surface area contributed by atoms with Gasteiger partial charge in [0.25, 0.3) is 0 Å². The lowest BCUT2D eigenvalue weighted by Crippen LogP contribution is -2.66. The van der Waals surface area contributed by atoms with Gasteiger partial charge >= 0.3 is 0 Å². The van der Waals surface area contributed by atoms with Crippen LogP contribution in [-0.4, -0.2) is 34.2 Å². The zero-order valence-electron chi connectivity index (χ0n) is 10.7. The number of hydrogen-bond acceptors (Lipinski definition) is 2. The summed E-state index contributed by atoms with van der Waals surface area (Å²) in [7, 11) is 0. The summed E-state index contributed by atoms with van der Waals surface area (Å²) < 4.78 is 0. The molecule has 0 spiro atoms. The summed E-state index contributed by atoms with van der Waals surface area (Å²) in [6, 6.07) is 8.12. The normalized spacial score (nSPS) is 25.7. The van der Waals surface area contributed by atoms with Gasteiger partial charge in [-0.2, -0.15) is 0 Å². The molecule has 0 radical (unpaired) electrons. The molecule has 1 fully saturated rings. The second-order valence-electron chi connectivity index (χ2n) is 5.79. The van der Waals surface area contributed by atoms with Crippen molar-refractivity contribution < 1.29 is 5.11 Å². The maximum absolute atomic E-state index is 9.89. The van der Waals surface area contributed by atoms with E-state index in [4.69, 9.17) is 11.6 Å². The van der Waals surface area contributed by atoms with Crippen molar-refractivity contribution in [2.24, 2.45) is 0 Å². The van der Waals surface area contributed by atoms with Crippen LogP contribution >= 0.6 is 11.6 Å². The van der Waals surface area contributed by atoms with Crippen molar-refractivity contribution >= 4 is 11.6 Å². The van der Waals surface area contributed by atoms with Crippen LogP contribution in [0.5, 0.6) is 0 Å². The molecule has 1 aliphatic heterocycles. The van der Waals surface area contributed by atoms with E-state index in [-0.39, 0.29) is 17.7 Å². The van der Waals surface area contributed by atoms with E-state index < -0.39 is 0 Å². The Labute approximate surface area is 108 Å². The van der Waals surface area contributed by atoms with Crippen LogP contribution in [0.1, 0.15) is 26.3 Å². The Morgan fingerprint density at radius 2 is 1.88 bits per heavy atom. The SMILES string of the molecule is CC(C)(C)N1CC(O)[C@@H]1Cc1ccc(Cl)cc1. The lowest BCUT2D eigenvalue weighted by atomic mass is 9.87. The van der Waals surface area contributed by atoms with E-state index in [1.165, 1.54) is 5.56 Å². The molecule has 0 aromatic heterocycles. The van der Waals surface area contributed by atoms with Crippen LogP contribution < -0.4 is 0 Å². The number of β-amino-alcohol motifs (C(OH)–C–C–N with tert-alkyl or cyclic N) is 1. The average Bonchev–Trinajstić information content (AvgIpc) is 2.23. The third kappa shape index (κ3) is 2.82. The highest BCUT2D eigenvalue weighted by Gasteiger charge is 2.42. The number of hydrogen-bond donors (Lipinski definition) is 1. The van der Waals surface area contributed by atoms with E-state index in [1.54, 1.807) is 0 Å². The lowest BCUT2D eigenvalue weighted by molar-refractivity contribution is -0.106. The molecule has 2 rings (SSSR count). The number of halogens is 1. The second kappa shape index (κ2) is 4.60. The fraction of sp³-hybridized carbons (Fsp3) is 0.571. The summed E-state index contributed by atoms with van der Waals surface area (Å²) in [5.41, 5.74) is 1.35. The van der Waals surface area contributed by atoms with Crippen molar-refractivity contribution in [2.45, 2.75) is 44.9 Å². The zero-order chi connectivity index (χ0) is 12.6. The smallest absolute Gasteiger partial charge is 0.0825 e. The Morgan fingerprint density at radius 1 is 1.29 bits per heavy atom. The van der Waals surface area contributed by atoms with Crippen LogP contribution in [0.2, 0.25) is 5.02 Å². The molecule has 1 unspecified atom stereocenters. The number of likely N-dealkylation sites (tertiary alicyclic amines) is 1. The molecule has 0 bridgehead atoms. The van der Waals surface area contributed by atoms with Crippen molar-refractivity contribution in [3.05, 3.63) is 34.9 Å². The summed E-state index contributed by atoms with van der Waals surface area (Å²) in [6.45, 7) is 7.34. The summed E-state index contributed by atoms with van der Waals surface area (Å²) in [6.07, 6.45) is 0.681. The highest BCUT2D eigenvalue weighted by atomic mass is 35.5. The van der Waals surface area contributed by atoms with E-state index >= 15 is 0 Å². The first-order chi connectivity index (χ1) is 7.88. The maximum atomic E-state index is 9.89. The van der Waals surface area contributed by atoms with Gasteiger partial charge in [0.05, 0.1) is 6.10 Å². The second-order valence-corrected chi connectivity index (χ2v) is 6.22. The van der Waals surface area contributed by atoms with Crippen LogP contribution in [0.25, 0.3) is 0 Å². The van der Waals surface area contributed by atoms with Crippen molar-refractivity contribution in [1.82, 2.24) is 4.90 Å². The standard InChI is InChI=1S/C14H20ClNO/c1-14(2,3)16-9-13(17)12(16)8-10-4-6-11(15)7-5-10/h4-7,12-13,17H,8-9H2,1-3H3/t12-,13?/m0/s1. The molecule has 1 heterocycles. The molecule has 0 amide bonds. The zero-order valence-corrected chi connectivity index (χ0v) is 11.4. The highest BCUT2D eigenvalue weighted by Crippen LogP contribution is 2.30. The Bertz CT molecular complexity index is 382. The van der Waals surface area contributed by atoms with Crippen molar-refractivity contribution in [3.8, 4) is 0 Å².